The fourth-order valence-electron chi connectivity index (χ4n) is 2.84. The van der Waals surface area contributed by atoms with Crippen molar-refractivity contribution in [3.05, 3.63) is 39.6 Å². The lowest BCUT2D eigenvalue weighted by atomic mass is 9.91. The largest absolute Gasteiger partial charge is 0.216 e. The van der Waals surface area contributed by atoms with Crippen LogP contribution in [-0.4, -0.2) is 0 Å². The second kappa shape index (κ2) is 3.83. The van der Waals surface area contributed by atoms with Gasteiger partial charge in [0.1, 0.15) is 7.05 Å². The molecule has 0 spiro atoms. The van der Waals surface area contributed by atoms with Gasteiger partial charge in [0.05, 0.1) is 5.39 Å². The van der Waals surface area contributed by atoms with Crippen molar-refractivity contribution in [3.63, 3.8) is 0 Å². The van der Waals surface area contributed by atoms with Crippen LogP contribution in [0.1, 0.15) is 33.4 Å². The average Bonchev–Trinajstić information content (AvgIpc) is 2.28. The molecule has 1 nitrogen and oxygen atoms in total. The Labute approximate surface area is 104 Å². The third kappa shape index (κ3) is 1.56. The molecule has 2 aromatic rings. The molecule has 0 saturated carbocycles. The van der Waals surface area contributed by atoms with Gasteiger partial charge in [-0.3, -0.25) is 0 Å². The van der Waals surface area contributed by atoms with Crippen molar-refractivity contribution in [2.24, 2.45) is 7.05 Å². The van der Waals surface area contributed by atoms with E-state index < -0.39 is 0 Å². The van der Waals surface area contributed by atoms with E-state index in [4.69, 9.17) is 0 Å². The Bertz CT molecular complexity index is 622. The summed E-state index contributed by atoms with van der Waals surface area (Å²) in [7, 11) is 2.15. The third-order valence-electron chi connectivity index (χ3n) is 4.36. The summed E-state index contributed by atoms with van der Waals surface area (Å²) in [6.07, 6.45) is 2.24. The van der Waals surface area contributed by atoms with E-state index in [1.54, 1.807) is 0 Å². The molecule has 0 fully saturated rings. The minimum Gasteiger partial charge on any atom is -0.200 e. The summed E-state index contributed by atoms with van der Waals surface area (Å²) in [6, 6.07) is 0. The Balaban J connectivity index is 3.17. The van der Waals surface area contributed by atoms with Gasteiger partial charge in [0.15, 0.2) is 6.20 Å². The Morgan fingerprint density at radius 2 is 1.24 bits per heavy atom. The molecule has 0 amide bonds. The lowest BCUT2D eigenvalue weighted by molar-refractivity contribution is -0.645. The summed E-state index contributed by atoms with van der Waals surface area (Å²) >= 11 is 0. The lowest BCUT2D eigenvalue weighted by Gasteiger charge is -2.14. The molecule has 0 radical (unpaired) electrons. The van der Waals surface area contributed by atoms with E-state index in [2.05, 4.69) is 59.4 Å². The quantitative estimate of drug-likeness (QED) is 0.607. The smallest absolute Gasteiger partial charge is 0.200 e. The van der Waals surface area contributed by atoms with Crippen LogP contribution in [0.4, 0.5) is 0 Å². The van der Waals surface area contributed by atoms with Crippen molar-refractivity contribution in [2.45, 2.75) is 41.5 Å². The first kappa shape index (κ1) is 12.1. The van der Waals surface area contributed by atoms with Gasteiger partial charge < -0.3 is 0 Å². The van der Waals surface area contributed by atoms with E-state index in [9.17, 15) is 0 Å². The second-order valence-corrected chi connectivity index (χ2v) is 5.27. The molecule has 90 valence electrons. The van der Waals surface area contributed by atoms with Gasteiger partial charge in [-0.15, -0.1) is 0 Å². The normalized spacial score (nSPS) is 11.2. The van der Waals surface area contributed by atoms with Crippen LogP contribution in [0.2, 0.25) is 0 Å². The van der Waals surface area contributed by atoms with Crippen LogP contribution in [0.5, 0.6) is 0 Å². The highest BCUT2D eigenvalue weighted by Gasteiger charge is 2.19. The van der Waals surface area contributed by atoms with E-state index in [1.807, 2.05) is 0 Å². The minimum absolute atomic E-state index is 1.37. The highest BCUT2D eigenvalue weighted by atomic mass is 14.9. The van der Waals surface area contributed by atoms with Gasteiger partial charge in [0.25, 0.3) is 0 Å². The zero-order chi connectivity index (χ0) is 12.9. The first-order valence-corrected chi connectivity index (χ1v) is 6.22. The van der Waals surface area contributed by atoms with Gasteiger partial charge >= 0.3 is 0 Å². The number of fused-ring (bicyclic) bond motifs is 1. The molecule has 0 saturated heterocycles. The summed E-state index contributed by atoms with van der Waals surface area (Å²) < 4.78 is 2.27. The van der Waals surface area contributed by atoms with Crippen molar-refractivity contribution in [3.8, 4) is 0 Å². The highest BCUT2D eigenvalue weighted by Crippen LogP contribution is 2.29. The molecule has 1 aromatic carbocycles. The molecule has 0 atom stereocenters. The molecule has 0 bridgehead atoms. The Morgan fingerprint density at radius 3 is 1.82 bits per heavy atom. The summed E-state index contributed by atoms with van der Waals surface area (Å²) in [5.74, 6) is 0. The topological polar surface area (TPSA) is 3.88 Å². The second-order valence-electron chi connectivity index (χ2n) is 5.27. The molecule has 1 heteroatoms. The van der Waals surface area contributed by atoms with Gasteiger partial charge in [-0.1, -0.05) is 0 Å². The predicted molar refractivity (Wildman–Crippen MR) is 73.5 cm³/mol. The maximum atomic E-state index is 2.27. The van der Waals surface area contributed by atoms with Crippen LogP contribution in [0.3, 0.4) is 0 Å². The van der Waals surface area contributed by atoms with E-state index in [0.717, 1.165) is 0 Å². The molecule has 0 unspecified atom stereocenters. The number of aryl methyl sites for hydroxylation is 5. The number of nitrogens with zero attached hydrogens (tertiary/aromatic N) is 1. The van der Waals surface area contributed by atoms with E-state index in [1.165, 1.54) is 44.3 Å². The van der Waals surface area contributed by atoms with Crippen LogP contribution < -0.4 is 4.57 Å². The monoisotopic (exact) mass is 228 g/mol. The number of benzene rings is 1. The maximum absolute atomic E-state index is 2.27. The molecule has 0 aliphatic rings. The lowest BCUT2D eigenvalue weighted by Crippen LogP contribution is -2.31. The molecule has 0 aliphatic heterocycles. The summed E-state index contributed by atoms with van der Waals surface area (Å²) in [4.78, 5) is 0. The first-order chi connectivity index (χ1) is 7.86. The van der Waals surface area contributed by atoms with Crippen molar-refractivity contribution in [1.29, 1.82) is 0 Å². The van der Waals surface area contributed by atoms with Crippen LogP contribution >= 0.6 is 0 Å². The number of aromatic nitrogens is 1. The van der Waals surface area contributed by atoms with Gasteiger partial charge in [-0.25, -0.2) is 4.57 Å². The summed E-state index contributed by atoms with van der Waals surface area (Å²) in [5, 5.41) is 1.44. The zero-order valence-corrected chi connectivity index (χ0v) is 12.0. The van der Waals surface area contributed by atoms with Crippen LogP contribution in [0, 0.1) is 41.5 Å². The van der Waals surface area contributed by atoms with Crippen molar-refractivity contribution in [1.82, 2.24) is 0 Å². The fourth-order valence-corrected chi connectivity index (χ4v) is 2.84. The van der Waals surface area contributed by atoms with Crippen molar-refractivity contribution in [2.75, 3.05) is 0 Å². The van der Waals surface area contributed by atoms with Crippen LogP contribution in [0.25, 0.3) is 10.9 Å². The average molecular weight is 228 g/mol. The van der Waals surface area contributed by atoms with E-state index in [-0.39, 0.29) is 0 Å². The standard InChI is InChI=1S/C16H22N/c1-9-8-17(7)16-14(6)12(4)11(3)13(5)15(16)10(9)2/h8H,1-7H3/q+1. The number of hydrogen-bond donors (Lipinski definition) is 0. The first-order valence-electron chi connectivity index (χ1n) is 6.22. The summed E-state index contributed by atoms with van der Waals surface area (Å²) in [5.41, 5.74) is 9.87. The Hall–Kier alpha value is -1.37. The molecule has 2 rings (SSSR count). The molecular formula is C16H22N+. The van der Waals surface area contributed by atoms with E-state index >= 15 is 0 Å². The number of pyridine rings is 1. The maximum Gasteiger partial charge on any atom is 0.216 e. The molecule has 0 aliphatic carbocycles. The zero-order valence-electron chi connectivity index (χ0n) is 12.0. The predicted octanol–water partition coefficient (Wildman–Crippen LogP) is 3.51. The minimum atomic E-state index is 1.37. The molecule has 1 heterocycles. The van der Waals surface area contributed by atoms with Gasteiger partial charge in [0.2, 0.25) is 5.52 Å². The Kier molecular flexibility index (Phi) is 2.73. The van der Waals surface area contributed by atoms with E-state index in [0.29, 0.717) is 0 Å². The van der Waals surface area contributed by atoms with Crippen LogP contribution in [0.15, 0.2) is 6.20 Å². The van der Waals surface area contributed by atoms with Crippen molar-refractivity contribution >= 4 is 10.9 Å². The number of rotatable bonds is 0. The SMILES string of the molecule is Cc1c[n+](C)c2c(C)c(C)c(C)c(C)c2c1C. The van der Waals surface area contributed by atoms with Gasteiger partial charge in [-0.2, -0.15) is 0 Å². The third-order valence-corrected chi connectivity index (χ3v) is 4.36. The van der Waals surface area contributed by atoms with Gasteiger partial charge in [0, 0.05) is 11.1 Å². The molecule has 17 heavy (non-hydrogen) atoms. The molecular weight excluding hydrogens is 206 g/mol. The fraction of sp³-hybridized carbons (Fsp3) is 0.438. The molecule has 0 N–H and O–H groups in total. The van der Waals surface area contributed by atoms with Gasteiger partial charge in [-0.05, 0) is 63.8 Å². The molecule has 1 aromatic heterocycles. The van der Waals surface area contributed by atoms with Crippen molar-refractivity contribution < 1.29 is 4.57 Å². The highest BCUT2D eigenvalue weighted by molar-refractivity contribution is 5.88. The van der Waals surface area contributed by atoms with Crippen LogP contribution in [-0.2, 0) is 7.05 Å². The number of hydrogen-bond acceptors (Lipinski definition) is 0. The Morgan fingerprint density at radius 1 is 0.706 bits per heavy atom. The summed E-state index contributed by atoms with van der Waals surface area (Å²) in [6.45, 7) is 13.4.